The fraction of sp³-hybridized carbons (Fsp3) is 0.214. The predicted octanol–water partition coefficient (Wildman–Crippen LogP) is 1.88. The summed E-state index contributed by atoms with van der Waals surface area (Å²) in [5.74, 6) is -0.115. The highest BCUT2D eigenvalue weighted by Gasteiger charge is 2.17. The molecule has 96 valence electrons. The summed E-state index contributed by atoms with van der Waals surface area (Å²) in [7, 11) is 3.49. The first-order valence-corrected chi connectivity index (χ1v) is 5.81. The van der Waals surface area contributed by atoms with Crippen LogP contribution in [0.25, 0.3) is 0 Å². The minimum Gasteiger partial charge on any atom is -0.311 e. The molecular formula is C14H14N4O. The van der Waals surface area contributed by atoms with E-state index in [-0.39, 0.29) is 5.91 Å². The van der Waals surface area contributed by atoms with Crippen LogP contribution < -0.4 is 4.90 Å². The molecule has 0 fully saturated rings. The maximum absolute atomic E-state index is 12.3. The third kappa shape index (κ3) is 2.47. The topological polar surface area (TPSA) is 61.9 Å². The number of nitrogens with zero attached hydrogens (tertiary/aromatic N) is 4. The van der Waals surface area contributed by atoms with Crippen LogP contribution in [0.15, 0.2) is 30.5 Å². The molecule has 0 saturated carbocycles. The Hall–Kier alpha value is -2.61. The molecule has 0 aliphatic heterocycles. The molecule has 5 heteroatoms. The maximum atomic E-state index is 12.3. The third-order valence-corrected chi connectivity index (χ3v) is 2.93. The molecule has 0 aliphatic rings. The van der Waals surface area contributed by atoms with E-state index in [1.807, 2.05) is 6.07 Å². The largest absolute Gasteiger partial charge is 0.311 e. The second kappa shape index (κ2) is 4.94. The van der Waals surface area contributed by atoms with E-state index >= 15 is 0 Å². The minimum absolute atomic E-state index is 0.115. The van der Waals surface area contributed by atoms with E-state index in [1.165, 1.54) is 0 Å². The van der Waals surface area contributed by atoms with Crippen LogP contribution in [0.3, 0.4) is 0 Å². The predicted molar refractivity (Wildman–Crippen MR) is 71.8 cm³/mol. The molecule has 0 atom stereocenters. The zero-order valence-corrected chi connectivity index (χ0v) is 11.1. The summed E-state index contributed by atoms with van der Waals surface area (Å²) >= 11 is 0. The van der Waals surface area contributed by atoms with Crippen LogP contribution in [0, 0.1) is 18.3 Å². The molecule has 2 aromatic rings. The summed E-state index contributed by atoms with van der Waals surface area (Å²) < 4.78 is 1.62. The highest BCUT2D eigenvalue weighted by molar-refractivity contribution is 6.06. The molecule has 1 amide bonds. The average Bonchev–Trinajstić information content (AvgIpc) is 2.76. The molecule has 5 nitrogen and oxygen atoms in total. The van der Waals surface area contributed by atoms with Crippen LogP contribution in [0.1, 0.15) is 21.6 Å². The van der Waals surface area contributed by atoms with Crippen molar-refractivity contribution in [2.24, 2.45) is 7.05 Å². The van der Waals surface area contributed by atoms with Gasteiger partial charge in [0.25, 0.3) is 5.91 Å². The summed E-state index contributed by atoms with van der Waals surface area (Å²) in [6.07, 6.45) is 1.71. The fourth-order valence-electron chi connectivity index (χ4n) is 1.87. The summed E-state index contributed by atoms with van der Waals surface area (Å²) in [6.45, 7) is 1.81. The minimum atomic E-state index is -0.115. The molecule has 1 aromatic heterocycles. The van der Waals surface area contributed by atoms with E-state index in [1.54, 1.807) is 61.1 Å². The van der Waals surface area contributed by atoms with Crippen LogP contribution in [0.2, 0.25) is 0 Å². The number of hydrogen-bond acceptors (Lipinski definition) is 3. The molecule has 1 aromatic carbocycles. The number of aryl methyl sites for hydroxylation is 2. The number of anilines is 1. The van der Waals surface area contributed by atoms with Gasteiger partial charge in [0, 0.05) is 26.0 Å². The number of carbonyl (C=O) groups is 1. The van der Waals surface area contributed by atoms with Gasteiger partial charge in [-0.25, -0.2) is 0 Å². The Morgan fingerprint density at radius 1 is 1.37 bits per heavy atom. The number of amides is 1. The lowest BCUT2D eigenvalue weighted by molar-refractivity contribution is 0.0992. The average molecular weight is 254 g/mol. The van der Waals surface area contributed by atoms with Gasteiger partial charge in [-0.05, 0) is 31.2 Å². The van der Waals surface area contributed by atoms with Crippen LogP contribution in [0.5, 0.6) is 0 Å². The molecule has 0 unspecified atom stereocenters. The lowest BCUT2D eigenvalue weighted by Gasteiger charge is -2.16. The Morgan fingerprint density at radius 2 is 2.00 bits per heavy atom. The zero-order chi connectivity index (χ0) is 14.0. The van der Waals surface area contributed by atoms with E-state index in [2.05, 4.69) is 5.10 Å². The molecule has 0 spiro atoms. The van der Waals surface area contributed by atoms with Gasteiger partial charge in [0.05, 0.1) is 22.9 Å². The standard InChI is InChI=1S/C14H14N4O/c1-10-13(9-17(2)16-10)14(19)18(3)12-6-4-11(8-15)5-7-12/h4-7,9H,1-3H3. The Bertz CT molecular complexity index is 649. The van der Waals surface area contributed by atoms with Crippen molar-refractivity contribution in [3.8, 4) is 6.07 Å². The highest BCUT2D eigenvalue weighted by atomic mass is 16.2. The first kappa shape index (κ1) is 12.8. The second-order valence-electron chi connectivity index (χ2n) is 4.32. The summed E-state index contributed by atoms with van der Waals surface area (Å²) in [6, 6.07) is 8.93. The van der Waals surface area contributed by atoms with Crippen molar-refractivity contribution < 1.29 is 4.79 Å². The van der Waals surface area contributed by atoms with Crippen LogP contribution in [-0.4, -0.2) is 22.7 Å². The molecule has 19 heavy (non-hydrogen) atoms. The number of carbonyl (C=O) groups excluding carboxylic acids is 1. The number of nitriles is 1. The Kier molecular flexibility index (Phi) is 3.34. The zero-order valence-electron chi connectivity index (χ0n) is 11.1. The maximum Gasteiger partial charge on any atom is 0.261 e. The quantitative estimate of drug-likeness (QED) is 0.822. The fourth-order valence-corrected chi connectivity index (χ4v) is 1.87. The molecule has 0 N–H and O–H groups in total. The van der Waals surface area contributed by atoms with Crippen molar-refractivity contribution in [2.45, 2.75) is 6.92 Å². The van der Waals surface area contributed by atoms with Gasteiger partial charge in [-0.1, -0.05) is 0 Å². The van der Waals surface area contributed by atoms with Crippen molar-refractivity contribution in [1.82, 2.24) is 9.78 Å². The van der Waals surface area contributed by atoms with Crippen molar-refractivity contribution in [3.05, 3.63) is 47.3 Å². The number of aromatic nitrogens is 2. The van der Waals surface area contributed by atoms with Crippen LogP contribution >= 0.6 is 0 Å². The molecule has 0 bridgehead atoms. The van der Waals surface area contributed by atoms with Gasteiger partial charge in [-0.2, -0.15) is 10.4 Å². The van der Waals surface area contributed by atoms with E-state index < -0.39 is 0 Å². The highest BCUT2D eigenvalue weighted by Crippen LogP contribution is 2.17. The number of rotatable bonds is 2. The lowest BCUT2D eigenvalue weighted by atomic mass is 10.2. The lowest BCUT2D eigenvalue weighted by Crippen LogP contribution is -2.26. The van der Waals surface area contributed by atoms with E-state index in [0.717, 1.165) is 5.69 Å². The normalized spacial score (nSPS) is 10.0. The third-order valence-electron chi connectivity index (χ3n) is 2.93. The first-order valence-electron chi connectivity index (χ1n) is 5.81. The van der Waals surface area contributed by atoms with Gasteiger partial charge in [0.1, 0.15) is 0 Å². The van der Waals surface area contributed by atoms with Gasteiger partial charge in [-0.3, -0.25) is 9.48 Å². The van der Waals surface area contributed by atoms with Crippen LogP contribution in [-0.2, 0) is 7.05 Å². The summed E-state index contributed by atoms with van der Waals surface area (Å²) in [5.41, 5.74) is 2.59. The Balaban J connectivity index is 2.28. The number of benzene rings is 1. The van der Waals surface area contributed by atoms with Crippen LogP contribution in [0.4, 0.5) is 5.69 Å². The summed E-state index contributed by atoms with van der Waals surface area (Å²) in [5, 5.41) is 12.9. The Labute approximate surface area is 111 Å². The van der Waals surface area contributed by atoms with Crippen molar-refractivity contribution in [1.29, 1.82) is 5.26 Å². The van der Waals surface area contributed by atoms with Gasteiger partial charge in [0.2, 0.25) is 0 Å². The van der Waals surface area contributed by atoms with Gasteiger partial charge < -0.3 is 4.90 Å². The number of hydrogen-bond donors (Lipinski definition) is 0. The van der Waals surface area contributed by atoms with Crippen molar-refractivity contribution in [2.75, 3.05) is 11.9 Å². The van der Waals surface area contributed by atoms with Crippen molar-refractivity contribution >= 4 is 11.6 Å². The first-order chi connectivity index (χ1) is 9.02. The van der Waals surface area contributed by atoms with E-state index in [9.17, 15) is 4.79 Å². The molecular weight excluding hydrogens is 240 g/mol. The second-order valence-corrected chi connectivity index (χ2v) is 4.32. The molecule has 1 heterocycles. The van der Waals surface area contributed by atoms with Gasteiger partial charge in [0.15, 0.2) is 0 Å². The summed E-state index contributed by atoms with van der Waals surface area (Å²) in [4.78, 5) is 13.9. The molecule has 0 saturated heterocycles. The van der Waals surface area contributed by atoms with Crippen molar-refractivity contribution in [3.63, 3.8) is 0 Å². The molecule has 0 radical (unpaired) electrons. The van der Waals surface area contributed by atoms with Gasteiger partial charge >= 0.3 is 0 Å². The smallest absolute Gasteiger partial charge is 0.261 e. The van der Waals surface area contributed by atoms with Gasteiger partial charge in [-0.15, -0.1) is 0 Å². The molecule has 2 rings (SSSR count). The monoisotopic (exact) mass is 254 g/mol. The SMILES string of the molecule is Cc1nn(C)cc1C(=O)N(C)c1ccc(C#N)cc1. The Morgan fingerprint density at radius 3 is 2.47 bits per heavy atom. The van der Waals surface area contributed by atoms with E-state index in [4.69, 9.17) is 5.26 Å². The molecule has 0 aliphatic carbocycles. The van der Waals surface area contributed by atoms with E-state index in [0.29, 0.717) is 16.8 Å².